The molecule has 0 spiro atoms. The van der Waals surface area contributed by atoms with Gasteiger partial charge in [-0.1, -0.05) is 28.1 Å². The first-order chi connectivity index (χ1) is 9.97. The molecule has 0 heterocycles. The van der Waals surface area contributed by atoms with E-state index in [1.165, 1.54) is 16.9 Å². The van der Waals surface area contributed by atoms with Crippen LogP contribution in [0.15, 0.2) is 46.9 Å². The van der Waals surface area contributed by atoms with E-state index in [0.717, 1.165) is 16.7 Å². The number of nitrogens with one attached hydrogen (secondary N) is 1. The van der Waals surface area contributed by atoms with Crippen LogP contribution in [0.1, 0.15) is 5.56 Å². The Balaban J connectivity index is 2.10. The lowest BCUT2D eigenvalue weighted by Gasteiger charge is -2.19. The maximum absolute atomic E-state index is 3.53. The van der Waals surface area contributed by atoms with Crippen molar-refractivity contribution in [2.45, 2.75) is 6.54 Å². The fraction of sp³-hybridized carbons (Fsp3) is 0.294. The Morgan fingerprint density at radius 1 is 0.905 bits per heavy atom. The maximum atomic E-state index is 3.53. The first kappa shape index (κ1) is 15.7. The van der Waals surface area contributed by atoms with Crippen molar-refractivity contribution >= 4 is 33.0 Å². The minimum absolute atomic E-state index is 0.811. The summed E-state index contributed by atoms with van der Waals surface area (Å²) in [6, 6.07) is 14.9. The minimum atomic E-state index is 0.811. The van der Waals surface area contributed by atoms with Crippen LogP contribution in [0.5, 0.6) is 0 Å². The normalized spacial score (nSPS) is 10.3. The van der Waals surface area contributed by atoms with E-state index in [0.29, 0.717) is 0 Å². The Labute approximate surface area is 135 Å². The number of nitrogens with zero attached hydrogens (tertiary/aromatic N) is 2. The van der Waals surface area contributed by atoms with Gasteiger partial charge in [0.2, 0.25) is 0 Å². The Morgan fingerprint density at radius 2 is 1.57 bits per heavy atom. The topological polar surface area (TPSA) is 18.5 Å². The molecule has 0 fully saturated rings. The van der Waals surface area contributed by atoms with Gasteiger partial charge in [-0.05, 0) is 35.9 Å². The summed E-state index contributed by atoms with van der Waals surface area (Å²) in [6.07, 6.45) is 0. The number of halogens is 1. The molecule has 1 N–H and O–H groups in total. The van der Waals surface area contributed by atoms with E-state index < -0.39 is 0 Å². The van der Waals surface area contributed by atoms with Crippen LogP contribution in [0, 0.1) is 0 Å². The molecule has 0 atom stereocenters. The molecule has 0 radical (unpaired) electrons. The first-order valence-electron chi connectivity index (χ1n) is 6.94. The number of rotatable bonds is 5. The number of hydrogen-bond acceptors (Lipinski definition) is 3. The molecule has 3 nitrogen and oxygen atoms in total. The predicted molar refractivity (Wildman–Crippen MR) is 96.6 cm³/mol. The zero-order valence-electron chi connectivity index (χ0n) is 13.0. The van der Waals surface area contributed by atoms with Gasteiger partial charge in [-0.25, -0.2) is 0 Å². The lowest BCUT2D eigenvalue weighted by molar-refractivity contribution is 1.09. The van der Waals surface area contributed by atoms with E-state index in [1.807, 2.05) is 0 Å². The highest BCUT2D eigenvalue weighted by atomic mass is 79.9. The van der Waals surface area contributed by atoms with Crippen LogP contribution in [0.4, 0.5) is 17.1 Å². The van der Waals surface area contributed by atoms with Crippen molar-refractivity contribution < 1.29 is 0 Å². The van der Waals surface area contributed by atoms with E-state index in [4.69, 9.17) is 0 Å². The smallest absolute Gasteiger partial charge is 0.0597 e. The largest absolute Gasteiger partial charge is 0.379 e. The van der Waals surface area contributed by atoms with Crippen molar-refractivity contribution in [1.29, 1.82) is 0 Å². The highest BCUT2D eigenvalue weighted by molar-refractivity contribution is 9.10. The number of hydrogen-bond donors (Lipinski definition) is 1. The molecule has 0 amide bonds. The van der Waals surface area contributed by atoms with Gasteiger partial charge in [0.15, 0.2) is 0 Å². The molecule has 0 aromatic heterocycles. The Morgan fingerprint density at radius 3 is 2.14 bits per heavy atom. The van der Waals surface area contributed by atoms with Crippen LogP contribution >= 0.6 is 15.9 Å². The summed E-state index contributed by atoms with van der Waals surface area (Å²) >= 11 is 3.53. The number of anilines is 3. The molecular formula is C17H22BrN3. The molecule has 0 aliphatic rings. The molecule has 112 valence electrons. The van der Waals surface area contributed by atoms with Gasteiger partial charge in [-0.2, -0.15) is 0 Å². The van der Waals surface area contributed by atoms with E-state index in [2.05, 4.69) is 102 Å². The Kier molecular flexibility index (Phi) is 5.12. The third-order valence-electron chi connectivity index (χ3n) is 3.38. The third kappa shape index (κ3) is 4.14. The summed E-state index contributed by atoms with van der Waals surface area (Å²) in [5.74, 6) is 0. The van der Waals surface area contributed by atoms with E-state index in [-0.39, 0.29) is 0 Å². The van der Waals surface area contributed by atoms with Crippen molar-refractivity contribution in [2.24, 2.45) is 0 Å². The molecule has 0 aliphatic carbocycles. The molecule has 21 heavy (non-hydrogen) atoms. The van der Waals surface area contributed by atoms with Crippen molar-refractivity contribution in [2.75, 3.05) is 43.3 Å². The van der Waals surface area contributed by atoms with Gasteiger partial charge in [0.25, 0.3) is 0 Å². The molecule has 0 bridgehead atoms. The third-order valence-corrected chi connectivity index (χ3v) is 3.87. The standard InChI is InChI=1S/C17H22BrN3/c1-20(2)15-8-5-13(6-9-15)12-19-16-11-14(18)7-10-17(16)21(3)4/h5-11,19H,12H2,1-4H3. The van der Waals surface area contributed by atoms with E-state index in [1.54, 1.807) is 0 Å². The minimum Gasteiger partial charge on any atom is -0.379 e. The monoisotopic (exact) mass is 347 g/mol. The second-order valence-electron chi connectivity index (χ2n) is 5.47. The molecule has 0 aliphatic heterocycles. The lowest BCUT2D eigenvalue weighted by atomic mass is 10.2. The van der Waals surface area contributed by atoms with Crippen molar-refractivity contribution in [3.8, 4) is 0 Å². The SMILES string of the molecule is CN(C)c1ccc(CNc2cc(Br)ccc2N(C)C)cc1. The van der Waals surface area contributed by atoms with Gasteiger partial charge in [0.05, 0.1) is 11.4 Å². The van der Waals surface area contributed by atoms with Crippen LogP contribution < -0.4 is 15.1 Å². The highest BCUT2D eigenvalue weighted by Gasteiger charge is 2.05. The molecule has 2 aromatic rings. The quantitative estimate of drug-likeness (QED) is 0.874. The number of benzene rings is 2. The van der Waals surface area contributed by atoms with Gasteiger partial charge in [-0.3, -0.25) is 0 Å². The van der Waals surface area contributed by atoms with E-state index >= 15 is 0 Å². The van der Waals surface area contributed by atoms with Gasteiger partial charge in [0.1, 0.15) is 0 Å². The summed E-state index contributed by atoms with van der Waals surface area (Å²) in [5.41, 5.74) is 4.80. The van der Waals surface area contributed by atoms with Gasteiger partial charge in [0, 0.05) is 44.9 Å². The highest BCUT2D eigenvalue weighted by Crippen LogP contribution is 2.28. The first-order valence-corrected chi connectivity index (χ1v) is 7.73. The second-order valence-corrected chi connectivity index (χ2v) is 6.39. The van der Waals surface area contributed by atoms with Crippen molar-refractivity contribution in [1.82, 2.24) is 0 Å². The molecule has 0 unspecified atom stereocenters. The van der Waals surface area contributed by atoms with Crippen molar-refractivity contribution in [3.63, 3.8) is 0 Å². The summed E-state index contributed by atoms with van der Waals surface area (Å²) in [6.45, 7) is 0.811. The fourth-order valence-electron chi connectivity index (χ4n) is 2.15. The zero-order chi connectivity index (χ0) is 15.4. The molecular weight excluding hydrogens is 326 g/mol. The lowest BCUT2D eigenvalue weighted by Crippen LogP contribution is -2.12. The van der Waals surface area contributed by atoms with Crippen LogP contribution in [0.3, 0.4) is 0 Å². The van der Waals surface area contributed by atoms with Gasteiger partial charge in [-0.15, -0.1) is 0 Å². The van der Waals surface area contributed by atoms with Gasteiger partial charge >= 0.3 is 0 Å². The molecule has 0 saturated heterocycles. The van der Waals surface area contributed by atoms with Gasteiger partial charge < -0.3 is 15.1 Å². The molecule has 0 saturated carbocycles. The Bertz CT molecular complexity index is 591. The summed E-state index contributed by atoms with van der Waals surface area (Å²) in [7, 11) is 8.22. The average molecular weight is 348 g/mol. The summed E-state index contributed by atoms with van der Waals surface area (Å²) in [5, 5.41) is 3.52. The van der Waals surface area contributed by atoms with Crippen LogP contribution in [0.2, 0.25) is 0 Å². The maximum Gasteiger partial charge on any atom is 0.0597 e. The Hall–Kier alpha value is -1.68. The average Bonchev–Trinajstić information content (AvgIpc) is 2.45. The molecule has 2 rings (SSSR count). The van der Waals surface area contributed by atoms with Crippen LogP contribution in [-0.4, -0.2) is 28.2 Å². The van der Waals surface area contributed by atoms with Crippen LogP contribution in [0.25, 0.3) is 0 Å². The van der Waals surface area contributed by atoms with E-state index in [9.17, 15) is 0 Å². The van der Waals surface area contributed by atoms with Crippen LogP contribution in [-0.2, 0) is 6.54 Å². The van der Waals surface area contributed by atoms with Crippen molar-refractivity contribution in [3.05, 3.63) is 52.5 Å². The molecule has 2 aromatic carbocycles. The zero-order valence-corrected chi connectivity index (χ0v) is 14.6. The second kappa shape index (κ2) is 6.85. The predicted octanol–water partition coefficient (Wildman–Crippen LogP) is 4.19. The summed E-state index contributed by atoms with van der Waals surface area (Å²) in [4.78, 5) is 4.22. The summed E-state index contributed by atoms with van der Waals surface area (Å²) < 4.78 is 1.08. The fourth-order valence-corrected chi connectivity index (χ4v) is 2.51. The molecule has 4 heteroatoms.